The minimum Gasteiger partial charge on any atom is -0.348 e. The van der Waals surface area contributed by atoms with Crippen LogP contribution in [-0.2, 0) is 11.3 Å². The van der Waals surface area contributed by atoms with Gasteiger partial charge in [-0.15, -0.1) is 0 Å². The van der Waals surface area contributed by atoms with Crippen LogP contribution in [0.4, 0.5) is 13.2 Å². The number of nitrogens with one attached hydrogen (secondary N) is 2. The van der Waals surface area contributed by atoms with E-state index in [4.69, 9.17) is 0 Å². The number of nitrogens with zero attached hydrogens (tertiary/aromatic N) is 6. The van der Waals surface area contributed by atoms with Gasteiger partial charge in [-0.2, -0.15) is 28.6 Å². The summed E-state index contributed by atoms with van der Waals surface area (Å²) in [6.45, 7) is 3.97. The second kappa shape index (κ2) is 9.11. The predicted octanol–water partition coefficient (Wildman–Crippen LogP) is 3.63. The third kappa shape index (κ3) is 4.70. The highest BCUT2D eigenvalue weighted by Crippen LogP contribution is 2.60. The van der Waals surface area contributed by atoms with Crippen LogP contribution in [0.1, 0.15) is 79.8 Å². The van der Waals surface area contributed by atoms with Gasteiger partial charge in [0, 0.05) is 18.7 Å². The summed E-state index contributed by atoms with van der Waals surface area (Å²) in [6.07, 6.45) is 0.474. The Balaban J connectivity index is 1.32. The number of aromatic nitrogens is 5. The van der Waals surface area contributed by atoms with E-state index in [9.17, 15) is 28.0 Å². The summed E-state index contributed by atoms with van der Waals surface area (Å²) in [5.74, 6) is -1.04. The summed E-state index contributed by atoms with van der Waals surface area (Å²) in [5, 5.41) is 23.8. The number of nitriles is 1. The van der Waals surface area contributed by atoms with Gasteiger partial charge in [-0.25, -0.2) is 9.50 Å². The molecule has 38 heavy (non-hydrogen) atoms. The van der Waals surface area contributed by atoms with Gasteiger partial charge in [0.1, 0.15) is 5.69 Å². The Morgan fingerprint density at radius 3 is 2.55 bits per heavy atom. The van der Waals surface area contributed by atoms with Gasteiger partial charge in [0.25, 0.3) is 5.91 Å². The van der Waals surface area contributed by atoms with Crippen LogP contribution in [0, 0.1) is 22.2 Å². The number of hydrogen-bond donors (Lipinski definition) is 2. The van der Waals surface area contributed by atoms with E-state index in [2.05, 4.69) is 31.9 Å². The Morgan fingerprint density at radius 2 is 1.95 bits per heavy atom. The number of fused-ring (bicyclic) bond motifs is 1. The summed E-state index contributed by atoms with van der Waals surface area (Å²) >= 11 is 0. The topological polar surface area (TPSA) is 130 Å². The van der Waals surface area contributed by atoms with Crippen LogP contribution in [0.15, 0.2) is 30.7 Å². The van der Waals surface area contributed by atoms with Gasteiger partial charge < -0.3 is 10.6 Å². The molecule has 3 heterocycles. The van der Waals surface area contributed by atoms with E-state index in [0.29, 0.717) is 35.4 Å². The predicted molar refractivity (Wildman–Crippen MR) is 127 cm³/mol. The molecule has 3 aromatic heterocycles. The fourth-order valence-electron chi connectivity index (χ4n) is 4.72. The van der Waals surface area contributed by atoms with E-state index in [1.165, 1.54) is 10.7 Å². The van der Waals surface area contributed by atoms with Crippen molar-refractivity contribution in [1.29, 1.82) is 5.26 Å². The van der Waals surface area contributed by atoms with E-state index in [-0.39, 0.29) is 31.3 Å². The van der Waals surface area contributed by atoms with Crippen LogP contribution in [0.2, 0.25) is 0 Å². The van der Waals surface area contributed by atoms with Crippen LogP contribution < -0.4 is 10.6 Å². The number of halogens is 3. The molecule has 2 saturated carbocycles. The van der Waals surface area contributed by atoms with Gasteiger partial charge in [0.05, 0.1) is 47.6 Å². The zero-order valence-electron chi connectivity index (χ0n) is 20.9. The number of hydrogen-bond acceptors (Lipinski definition) is 6. The largest absolute Gasteiger partial charge is 0.395 e. The van der Waals surface area contributed by atoms with Gasteiger partial charge >= 0.3 is 6.18 Å². The monoisotopic (exact) mass is 528 g/mol. The van der Waals surface area contributed by atoms with Crippen LogP contribution in [0.25, 0.3) is 5.65 Å². The Hall–Kier alpha value is -3.95. The summed E-state index contributed by atoms with van der Waals surface area (Å²) < 4.78 is 43.2. The molecule has 2 aliphatic carbocycles. The van der Waals surface area contributed by atoms with Crippen molar-refractivity contribution in [2.45, 2.75) is 70.8 Å². The molecule has 0 aliphatic heterocycles. The molecule has 2 amide bonds. The number of carbonyl (C=O) groups is 2. The first-order valence-corrected chi connectivity index (χ1v) is 12.4. The van der Waals surface area contributed by atoms with Crippen molar-refractivity contribution >= 4 is 17.5 Å². The lowest BCUT2D eigenvalue weighted by atomic mass is 9.91. The summed E-state index contributed by atoms with van der Waals surface area (Å²) in [5.41, 5.74) is -1.01. The first-order valence-electron chi connectivity index (χ1n) is 12.4. The second-order valence-corrected chi connectivity index (χ2v) is 10.5. The molecule has 10 nitrogen and oxygen atoms in total. The van der Waals surface area contributed by atoms with Gasteiger partial charge in [-0.1, -0.05) is 0 Å². The highest BCUT2D eigenvalue weighted by Gasteiger charge is 2.64. The molecular formula is C25H27F3N8O2. The molecular weight excluding hydrogens is 501 g/mol. The maximum absolute atomic E-state index is 13.4. The van der Waals surface area contributed by atoms with Crippen molar-refractivity contribution in [3.8, 4) is 6.07 Å². The maximum Gasteiger partial charge on any atom is 0.395 e. The average molecular weight is 529 g/mol. The smallest absolute Gasteiger partial charge is 0.348 e. The zero-order valence-corrected chi connectivity index (χ0v) is 20.9. The van der Waals surface area contributed by atoms with Crippen molar-refractivity contribution in [2.75, 3.05) is 0 Å². The minimum atomic E-state index is -4.44. The highest BCUT2D eigenvalue weighted by molar-refractivity contribution is 5.92. The lowest BCUT2D eigenvalue weighted by Gasteiger charge is -2.25. The van der Waals surface area contributed by atoms with Gasteiger partial charge in [0.15, 0.2) is 5.65 Å². The quantitative estimate of drug-likeness (QED) is 0.436. The molecule has 0 saturated heterocycles. The van der Waals surface area contributed by atoms with Crippen molar-refractivity contribution in [1.82, 2.24) is 35.0 Å². The summed E-state index contributed by atoms with van der Waals surface area (Å²) in [7, 11) is 0. The molecule has 2 aliphatic rings. The molecule has 2 N–H and O–H groups in total. The van der Waals surface area contributed by atoms with E-state index in [1.807, 2.05) is 13.8 Å². The number of alkyl halides is 3. The van der Waals surface area contributed by atoms with E-state index >= 15 is 0 Å². The first-order chi connectivity index (χ1) is 18.0. The van der Waals surface area contributed by atoms with E-state index in [1.54, 1.807) is 29.2 Å². The minimum absolute atomic E-state index is 0.0171. The summed E-state index contributed by atoms with van der Waals surface area (Å²) in [6, 6.07) is 4.73. The van der Waals surface area contributed by atoms with Crippen molar-refractivity contribution in [3.05, 3.63) is 47.7 Å². The van der Waals surface area contributed by atoms with Crippen LogP contribution in [-0.4, -0.2) is 42.4 Å². The lowest BCUT2D eigenvalue weighted by molar-refractivity contribution is -0.190. The molecule has 0 aromatic carbocycles. The average Bonchev–Trinajstić information content (AvgIpc) is 3.73. The van der Waals surface area contributed by atoms with Crippen molar-refractivity contribution < 1.29 is 22.8 Å². The number of amides is 2. The van der Waals surface area contributed by atoms with Crippen molar-refractivity contribution in [3.63, 3.8) is 0 Å². The number of carbonyl (C=O) groups excluding carboxylic acids is 2. The Labute approximate surface area is 216 Å². The third-order valence-electron chi connectivity index (χ3n) is 7.37. The number of rotatable bonds is 9. The summed E-state index contributed by atoms with van der Waals surface area (Å²) in [4.78, 5) is 29.8. The maximum atomic E-state index is 13.4. The van der Waals surface area contributed by atoms with Crippen LogP contribution in [0.5, 0.6) is 0 Å². The van der Waals surface area contributed by atoms with Crippen LogP contribution >= 0.6 is 0 Å². The molecule has 0 bridgehead atoms. The molecule has 3 aromatic rings. The molecule has 0 radical (unpaired) electrons. The fourth-order valence-corrected chi connectivity index (χ4v) is 4.72. The fraction of sp³-hybridized carbons (Fsp3) is 0.520. The Kier molecular flexibility index (Phi) is 6.16. The van der Waals surface area contributed by atoms with Crippen LogP contribution in [0.3, 0.4) is 0 Å². The molecule has 2 fully saturated rings. The second-order valence-electron chi connectivity index (χ2n) is 10.5. The standard InChI is InChI=1S/C25H27F3N8O2/c1-15(2)36-18(3-8-31-36)22(38)30-12-17-13-35-19(33-17)9-16(11-32-35)21(23(14-29)4-5-23)34-20(37)10-24(6-7-24)25(26,27)28/h3,8-9,11,13,15,21H,4-7,10,12H2,1-2H3,(H,30,38)(H,34,37). The molecule has 0 spiro atoms. The van der Waals surface area contributed by atoms with Gasteiger partial charge in [-0.3, -0.25) is 14.3 Å². The molecule has 200 valence electrons. The van der Waals surface area contributed by atoms with Gasteiger partial charge in [0.2, 0.25) is 5.91 Å². The first kappa shape index (κ1) is 25.7. The molecule has 13 heteroatoms. The molecule has 1 unspecified atom stereocenters. The zero-order chi connectivity index (χ0) is 27.3. The van der Waals surface area contributed by atoms with E-state index < -0.39 is 35.4 Å². The third-order valence-corrected chi connectivity index (χ3v) is 7.37. The Morgan fingerprint density at radius 1 is 1.21 bits per heavy atom. The van der Waals surface area contributed by atoms with E-state index in [0.717, 1.165) is 0 Å². The highest BCUT2D eigenvalue weighted by atomic mass is 19.4. The molecule has 5 rings (SSSR count). The lowest BCUT2D eigenvalue weighted by Crippen LogP contribution is -2.38. The SMILES string of the molecule is CC(C)n1nccc1C(=O)NCc1cn2ncc(C(NC(=O)CC3(C(F)(F)F)CC3)C3(C#N)CC3)cc2n1. The van der Waals surface area contributed by atoms with Crippen molar-refractivity contribution in [2.24, 2.45) is 10.8 Å². The van der Waals surface area contributed by atoms with Gasteiger partial charge in [-0.05, 0) is 57.2 Å². The molecule has 1 atom stereocenters. The normalized spacial score (nSPS) is 18.1. The Bertz CT molecular complexity index is 1430. The number of imidazole rings is 1.